The van der Waals surface area contributed by atoms with Crippen LogP contribution in [0.5, 0.6) is 0 Å². The number of aryl methyl sites for hydroxylation is 1. The molecule has 0 spiro atoms. The lowest BCUT2D eigenvalue weighted by atomic mass is 10.1. The van der Waals surface area contributed by atoms with E-state index in [-0.39, 0.29) is 12.1 Å². The molecule has 0 atom stereocenters. The van der Waals surface area contributed by atoms with Crippen molar-refractivity contribution >= 4 is 5.96 Å². The van der Waals surface area contributed by atoms with E-state index in [9.17, 15) is 17.6 Å². The van der Waals surface area contributed by atoms with E-state index in [1.165, 1.54) is 0 Å². The van der Waals surface area contributed by atoms with Gasteiger partial charge in [0.2, 0.25) is 0 Å². The molecular weight excluding hydrogens is 338 g/mol. The average Bonchev–Trinajstić information content (AvgIpc) is 2.95. The molecule has 0 aliphatic heterocycles. The molecule has 2 rings (SSSR count). The Kier molecular flexibility index (Phi) is 6.00. The summed E-state index contributed by atoms with van der Waals surface area (Å²) >= 11 is 0. The van der Waals surface area contributed by atoms with Crippen LogP contribution in [-0.2, 0) is 26.3 Å². The van der Waals surface area contributed by atoms with Crippen molar-refractivity contribution in [2.75, 3.05) is 6.54 Å². The van der Waals surface area contributed by atoms with Crippen molar-refractivity contribution in [3.8, 4) is 0 Å². The molecule has 1 aromatic carbocycles. The number of halogens is 4. The van der Waals surface area contributed by atoms with Crippen LogP contribution in [0.15, 0.2) is 35.6 Å². The summed E-state index contributed by atoms with van der Waals surface area (Å²) in [6, 6.07) is 2.62. The summed E-state index contributed by atoms with van der Waals surface area (Å²) in [5.41, 5.74) is -0.179. The zero-order valence-corrected chi connectivity index (χ0v) is 13.9. The van der Waals surface area contributed by atoms with Crippen LogP contribution in [0.25, 0.3) is 0 Å². The Hall–Kier alpha value is -2.58. The fourth-order valence-electron chi connectivity index (χ4n) is 2.21. The van der Waals surface area contributed by atoms with E-state index in [2.05, 4.69) is 20.7 Å². The number of hydrogen-bond donors (Lipinski definition) is 2. The number of aromatic nitrogens is 2. The molecule has 136 valence electrons. The lowest BCUT2D eigenvalue weighted by Gasteiger charge is -2.15. The lowest BCUT2D eigenvalue weighted by molar-refractivity contribution is -0.138. The number of benzene rings is 1. The molecule has 0 unspecified atom stereocenters. The van der Waals surface area contributed by atoms with Crippen molar-refractivity contribution in [1.82, 2.24) is 20.4 Å². The summed E-state index contributed by atoms with van der Waals surface area (Å²) in [5, 5.41) is 9.82. The van der Waals surface area contributed by atoms with Gasteiger partial charge in [0.25, 0.3) is 0 Å². The number of hydrogen-bond acceptors (Lipinski definition) is 2. The quantitative estimate of drug-likeness (QED) is 0.492. The van der Waals surface area contributed by atoms with Crippen molar-refractivity contribution in [3.05, 3.63) is 53.1 Å². The van der Waals surface area contributed by atoms with Crippen LogP contribution >= 0.6 is 0 Å². The molecule has 5 nitrogen and oxygen atoms in total. The van der Waals surface area contributed by atoms with E-state index in [0.29, 0.717) is 25.1 Å². The number of rotatable bonds is 5. The van der Waals surface area contributed by atoms with Crippen molar-refractivity contribution in [2.45, 2.75) is 26.2 Å². The number of guanidine groups is 1. The van der Waals surface area contributed by atoms with Crippen molar-refractivity contribution < 1.29 is 17.6 Å². The van der Waals surface area contributed by atoms with Gasteiger partial charge in [-0.1, -0.05) is 6.07 Å². The number of aliphatic imine (C=N–C) groups is 1. The van der Waals surface area contributed by atoms with Crippen molar-refractivity contribution in [3.63, 3.8) is 0 Å². The molecule has 2 aromatic rings. The van der Waals surface area contributed by atoms with Gasteiger partial charge in [-0.3, -0.25) is 4.68 Å². The minimum absolute atomic E-state index is 0.0547. The zero-order valence-electron chi connectivity index (χ0n) is 13.9. The average molecular weight is 357 g/mol. The lowest BCUT2D eigenvalue weighted by Crippen LogP contribution is -2.37. The van der Waals surface area contributed by atoms with Gasteiger partial charge in [0, 0.05) is 31.9 Å². The second-order valence-corrected chi connectivity index (χ2v) is 5.37. The Morgan fingerprint density at radius 1 is 1.28 bits per heavy atom. The fraction of sp³-hybridized carbons (Fsp3) is 0.375. The van der Waals surface area contributed by atoms with Gasteiger partial charge >= 0.3 is 6.18 Å². The first-order valence-electron chi connectivity index (χ1n) is 7.65. The van der Waals surface area contributed by atoms with Gasteiger partial charge in [-0.15, -0.1) is 0 Å². The highest BCUT2D eigenvalue weighted by atomic mass is 19.4. The topological polar surface area (TPSA) is 54.2 Å². The van der Waals surface area contributed by atoms with Gasteiger partial charge in [-0.25, -0.2) is 9.38 Å². The second kappa shape index (κ2) is 8.00. The molecule has 25 heavy (non-hydrogen) atoms. The molecule has 0 amide bonds. The molecule has 1 aromatic heterocycles. The second-order valence-electron chi connectivity index (χ2n) is 5.37. The molecule has 0 saturated heterocycles. The van der Waals surface area contributed by atoms with Crippen molar-refractivity contribution in [1.29, 1.82) is 0 Å². The van der Waals surface area contributed by atoms with Crippen LogP contribution < -0.4 is 10.6 Å². The van der Waals surface area contributed by atoms with E-state index < -0.39 is 17.6 Å². The molecular formula is C16H19F4N5. The van der Waals surface area contributed by atoms with Gasteiger partial charge in [0.05, 0.1) is 18.3 Å². The first-order valence-corrected chi connectivity index (χ1v) is 7.65. The molecule has 0 fully saturated rings. The number of nitrogens with one attached hydrogen (secondary N) is 2. The molecule has 0 bridgehead atoms. The maximum absolute atomic E-state index is 13.1. The van der Waals surface area contributed by atoms with Crippen LogP contribution in [0.4, 0.5) is 17.6 Å². The van der Waals surface area contributed by atoms with Gasteiger partial charge in [0.1, 0.15) is 5.82 Å². The van der Waals surface area contributed by atoms with Gasteiger partial charge in [-0.05, 0) is 24.6 Å². The highest BCUT2D eigenvalue weighted by Gasteiger charge is 2.33. The minimum atomic E-state index is -4.62. The van der Waals surface area contributed by atoms with Crippen LogP contribution in [0, 0.1) is 5.82 Å². The van der Waals surface area contributed by atoms with Crippen LogP contribution in [0.2, 0.25) is 0 Å². The molecule has 9 heteroatoms. The number of nitrogens with zero attached hydrogens (tertiary/aromatic N) is 3. The zero-order chi connectivity index (χ0) is 18.4. The van der Waals surface area contributed by atoms with Gasteiger partial charge in [0.15, 0.2) is 5.96 Å². The Bertz CT molecular complexity index is 736. The fourth-order valence-corrected chi connectivity index (χ4v) is 2.21. The predicted octanol–water partition coefficient (Wildman–Crippen LogP) is 2.83. The summed E-state index contributed by atoms with van der Waals surface area (Å²) in [6.45, 7) is 2.60. The first kappa shape index (κ1) is 18.8. The highest BCUT2D eigenvalue weighted by molar-refractivity contribution is 5.79. The van der Waals surface area contributed by atoms with E-state index in [1.807, 2.05) is 6.92 Å². The Balaban J connectivity index is 2.11. The molecule has 0 radical (unpaired) electrons. The largest absolute Gasteiger partial charge is 0.416 e. The summed E-state index contributed by atoms with van der Waals surface area (Å²) in [6.07, 6.45) is -1.16. The summed E-state index contributed by atoms with van der Waals surface area (Å²) in [7, 11) is 1.78. The third-order valence-electron chi connectivity index (χ3n) is 3.35. The van der Waals surface area contributed by atoms with Crippen LogP contribution in [-0.4, -0.2) is 22.3 Å². The third-order valence-corrected chi connectivity index (χ3v) is 3.35. The molecule has 0 aliphatic rings. The Morgan fingerprint density at radius 2 is 2.04 bits per heavy atom. The summed E-state index contributed by atoms with van der Waals surface area (Å²) < 4.78 is 53.9. The molecule has 0 saturated carbocycles. The highest BCUT2D eigenvalue weighted by Crippen LogP contribution is 2.32. The van der Waals surface area contributed by atoms with E-state index in [0.717, 1.165) is 17.7 Å². The first-order chi connectivity index (χ1) is 11.8. The van der Waals surface area contributed by atoms with Crippen LogP contribution in [0.3, 0.4) is 0 Å². The predicted molar refractivity (Wildman–Crippen MR) is 86.3 cm³/mol. The summed E-state index contributed by atoms with van der Waals surface area (Å²) in [4.78, 5) is 4.31. The van der Waals surface area contributed by atoms with E-state index >= 15 is 0 Å². The maximum Gasteiger partial charge on any atom is 0.416 e. The maximum atomic E-state index is 13.1. The molecule has 2 N–H and O–H groups in total. The monoisotopic (exact) mass is 357 g/mol. The minimum Gasteiger partial charge on any atom is -0.357 e. The standard InChI is InChI=1S/C16H19F4N5/c1-3-21-15(22-7-11-8-24-25(2)10-11)23-9-12-4-5-13(17)6-14(12)16(18,19)20/h4-6,8,10H,3,7,9H2,1-2H3,(H2,21,22,23). The molecule has 1 heterocycles. The van der Waals surface area contributed by atoms with E-state index in [1.54, 1.807) is 24.1 Å². The number of alkyl halides is 3. The van der Waals surface area contributed by atoms with E-state index in [4.69, 9.17) is 0 Å². The van der Waals surface area contributed by atoms with Gasteiger partial charge < -0.3 is 10.6 Å². The summed E-state index contributed by atoms with van der Waals surface area (Å²) in [5.74, 6) is -0.558. The van der Waals surface area contributed by atoms with Gasteiger partial charge in [-0.2, -0.15) is 18.3 Å². The Morgan fingerprint density at radius 3 is 2.64 bits per heavy atom. The SMILES string of the molecule is CCNC(=NCc1cnn(C)c1)NCc1ccc(F)cc1C(F)(F)F. The molecule has 0 aliphatic carbocycles. The Labute approximate surface area is 142 Å². The normalized spacial score (nSPS) is 12.3. The van der Waals surface area contributed by atoms with Crippen LogP contribution in [0.1, 0.15) is 23.6 Å². The van der Waals surface area contributed by atoms with Crippen molar-refractivity contribution in [2.24, 2.45) is 12.0 Å². The smallest absolute Gasteiger partial charge is 0.357 e. The third kappa shape index (κ3) is 5.47.